The minimum Gasteiger partial charge on any atom is -0.477 e. The van der Waals surface area contributed by atoms with Crippen molar-refractivity contribution in [3.63, 3.8) is 0 Å². The maximum absolute atomic E-state index is 14.2. The number of halogens is 1. The number of oxime groups is 1. The van der Waals surface area contributed by atoms with Gasteiger partial charge < -0.3 is 20.6 Å². The number of alkyl halides is 1. The molecule has 16 heteroatoms. The van der Waals surface area contributed by atoms with Gasteiger partial charge in [0.05, 0.1) is 26.9 Å². The van der Waals surface area contributed by atoms with Gasteiger partial charge in [-0.2, -0.15) is 0 Å². The van der Waals surface area contributed by atoms with Crippen LogP contribution in [0.4, 0.5) is 5.13 Å². The number of aliphatic carboxylic acids is 1. The maximum Gasteiger partial charge on any atom is 0.353 e. The summed E-state index contributed by atoms with van der Waals surface area (Å²) in [4.78, 5) is 56.0. The topological polar surface area (TPSA) is 146 Å². The Kier molecular flexibility index (Phi) is 10.9. The molecule has 3 N–H and O–H groups in total. The molecule has 4 aromatic carbocycles. The van der Waals surface area contributed by atoms with Crippen molar-refractivity contribution in [1.29, 1.82) is 0 Å². The van der Waals surface area contributed by atoms with Crippen molar-refractivity contribution in [3.05, 3.63) is 153 Å². The first-order valence-corrected chi connectivity index (χ1v) is 21.2. The molecular weight excluding hydrogens is 808 g/mol. The molecule has 2 amide bonds. The van der Waals surface area contributed by atoms with Gasteiger partial charge in [0.2, 0.25) is 5.91 Å². The predicted octanol–water partition coefficient (Wildman–Crippen LogP) is 8.08. The van der Waals surface area contributed by atoms with Gasteiger partial charge in [0.1, 0.15) is 29.4 Å². The van der Waals surface area contributed by atoms with Gasteiger partial charge in [0, 0.05) is 11.3 Å². The van der Waals surface area contributed by atoms with E-state index >= 15 is 0 Å². The van der Waals surface area contributed by atoms with E-state index in [1.807, 2.05) is 72.8 Å². The van der Waals surface area contributed by atoms with E-state index in [0.717, 1.165) is 38.7 Å². The normalized spacial score (nSPS) is 17.0. The molecule has 0 aliphatic carbocycles. The number of carbonyl (C=O) groups excluding carboxylic acids is 2. The van der Waals surface area contributed by atoms with E-state index < -0.39 is 28.2 Å². The van der Waals surface area contributed by atoms with Crippen LogP contribution in [0.2, 0.25) is 0 Å². The van der Waals surface area contributed by atoms with Crippen molar-refractivity contribution >= 4 is 96.6 Å². The van der Waals surface area contributed by atoms with Gasteiger partial charge in [-0.15, -0.1) is 46.0 Å². The van der Waals surface area contributed by atoms with E-state index in [2.05, 4.69) is 52.2 Å². The molecule has 2 aromatic heterocycles. The number of rotatable bonds is 13. The summed E-state index contributed by atoms with van der Waals surface area (Å²) in [6, 6.07) is 35.9. The summed E-state index contributed by atoms with van der Waals surface area (Å²) < 4.78 is 1.44. The lowest BCUT2D eigenvalue weighted by molar-refractivity contribution is -0.146. The molecule has 0 saturated carbocycles. The van der Waals surface area contributed by atoms with Crippen molar-refractivity contribution in [2.75, 3.05) is 12.4 Å². The van der Waals surface area contributed by atoms with Crippen LogP contribution in [0.25, 0.3) is 10.2 Å². The third-order valence-electron chi connectivity index (χ3n) is 9.22. The van der Waals surface area contributed by atoms with Crippen LogP contribution < -0.4 is 10.6 Å². The van der Waals surface area contributed by atoms with Crippen molar-refractivity contribution in [2.24, 2.45) is 5.16 Å². The Morgan fingerprint density at radius 1 is 0.982 bits per heavy atom. The van der Waals surface area contributed by atoms with Crippen LogP contribution in [0, 0.1) is 0 Å². The SMILES string of the molecule is CON=C(C(=O)NC1S[C@H]2CC(=O)N2C(C(=O)O)=C1Sc1nc2cc(CCl)ccc2s1)c1csc(NC(c2ccccc2)(c2ccccc2)c2ccccc2)n1. The highest BCUT2D eigenvalue weighted by Gasteiger charge is 2.50. The first-order valence-electron chi connectivity index (χ1n) is 17.2. The fourth-order valence-corrected chi connectivity index (χ4v) is 11.4. The second kappa shape index (κ2) is 16.1. The number of nitrogens with zero attached hydrogens (tertiary/aromatic N) is 4. The number of nitrogens with one attached hydrogen (secondary N) is 2. The fourth-order valence-electron chi connectivity index (χ4n) is 6.67. The molecule has 0 radical (unpaired) electrons. The number of aromatic nitrogens is 2. The maximum atomic E-state index is 14.2. The number of fused-ring (bicyclic) bond motifs is 2. The van der Waals surface area contributed by atoms with Gasteiger partial charge in [0.25, 0.3) is 5.91 Å². The van der Waals surface area contributed by atoms with Gasteiger partial charge in [-0.05, 0) is 34.4 Å². The Hall–Kier alpha value is -5.19. The van der Waals surface area contributed by atoms with E-state index in [-0.39, 0.29) is 34.3 Å². The molecule has 0 spiro atoms. The second-order valence-corrected chi connectivity index (χ2v) is 17.3. The number of carboxylic acids is 1. The highest BCUT2D eigenvalue weighted by Crippen LogP contribution is 2.49. The summed E-state index contributed by atoms with van der Waals surface area (Å²) in [5.41, 5.74) is 3.65. The van der Waals surface area contributed by atoms with Crippen molar-refractivity contribution in [3.8, 4) is 0 Å². The van der Waals surface area contributed by atoms with Crippen LogP contribution in [0.1, 0.15) is 34.4 Å². The minimum absolute atomic E-state index is 0.107. The molecule has 0 bridgehead atoms. The Labute approximate surface area is 342 Å². The molecular formula is C40H31ClN6O5S4. The molecule has 1 fully saturated rings. The van der Waals surface area contributed by atoms with Crippen LogP contribution in [0.5, 0.6) is 0 Å². The molecule has 56 heavy (non-hydrogen) atoms. The quantitative estimate of drug-likeness (QED) is 0.0343. The number of hydrogen-bond donors (Lipinski definition) is 3. The summed E-state index contributed by atoms with van der Waals surface area (Å²) in [6.07, 6.45) is 0.139. The minimum atomic E-state index is -1.28. The van der Waals surface area contributed by atoms with Crippen molar-refractivity contribution < 1.29 is 24.3 Å². The smallest absolute Gasteiger partial charge is 0.353 e. The number of thiazole rings is 2. The highest BCUT2D eigenvalue weighted by molar-refractivity contribution is 8.07. The average molecular weight is 839 g/mol. The van der Waals surface area contributed by atoms with Crippen LogP contribution in [-0.2, 0) is 30.6 Å². The molecule has 4 heterocycles. The number of carboxylic acid groups (broad SMARTS) is 1. The Morgan fingerprint density at radius 2 is 1.62 bits per heavy atom. The van der Waals surface area contributed by atoms with Crippen LogP contribution in [0.15, 0.2) is 135 Å². The molecule has 8 rings (SSSR count). The number of hydrogen-bond acceptors (Lipinski definition) is 12. The fraction of sp³-hybridized carbons (Fsp3) is 0.150. The van der Waals surface area contributed by atoms with E-state index in [9.17, 15) is 19.5 Å². The number of amides is 2. The molecule has 2 aliphatic heterocycles. The lowest BCUT2D eigenvalue weighted by Crippen LogP contribution is -2.57. The van der Waals surface area contributed by atoms with Gasteiger partial charge in [-0.25, -0.2) is 14.8 Å². The van der Waals surface area contributed by atoms with E-state index in [4.69, 9.17) is 26.4 Å². The first kappa shape index (κ1) is 37.7. The number of β-lactam (4-membered cyclic amide) rings is 1. The van der Waals surface area contributed by atoms with E-state index in [0.29, 0.717) is 20.9 Å². The van der Waals surface area contributed by atoms with Crippen LogP contribution in [0.3, 0.4) is 0 Å². The third-order valence-corrected chi connectivity index (χ3v) is 14.0. The standard InChI is InChI=1S/C40H31ClN6O5S4/c1-52-46-32(28-22-53-38(42-28)45-40(24-11-5-2-6-12-24,25-13-7-3-8-14-25)26-15-9-4-10-16-26)35(49)44-36-34(33(37(50)51)47-30(48)20-31(47)55-36)56-39-43-27-19-23(21-41)17-18-29(27)54-39/h2-19,22,31,36H,20-21H2,1H3,(H,42,45)(H,44,49)(H,50,51)/t31-,36?/m0/s1. The summed E-state index contributed by atoms with van der Waals surface area (Å²) in [5, 5.41) is 22.1. The van der Waals surface area contributed by atoms with Crippen LogP contribution >= 0.6 is 57.8 Å². The summed E-state index contributed by atoms with van der Waals surface area (Å²) in [5.74, 6) is -1.90. The van der Waals surface area contributed by atoms with Gasteiger partial charge in [-0.3, -0.25) is 14.5 Å². The van der Waals surface area contributed by atoms with Crippen molar-refractivity contribution in [1.82, 2.24) is 20.2 Å². The highest BCUT2D eigenvalue weighted by atomic mass is 35.5. The molecule has 2 aliphatic rings. The van der Waals surface area contributed by atoms with E-state index in [1.165, 1.54) is 46.4 Å². The largest absolute Gasteiger partial charge is 0.477 e. The first-order chi connectivity index (χ1) is 27.3. The zero-order valence-corrected chi connectivity index (χ0v) is 33.4. The Balaban J connectivity index is 1.13. The summed E-state index contributed by atoms with van der Waals surface area (Å²) in [6.45, 7) is 0. The van der Waals surface area contributed by atoms with Crippen LogP contribution in [-0.4, -0.2) is 61.3 Å². The lowest BCUT2D eigenvalue weighted by Gasteiger charge is -2.46. The van der Waals surface area contributed by atoms with Gasteiger partial charge >= 0.3 is 5.97 Å². The number of benzene rings is 4. The lowest BCUT2D eigenvalue weighted by atomic mass is 9.77. The number of thioether (sulfide) groups is 2. The molecule has 1 saturated heterocycles. The van der Waals surface area contributed by atoms with Gasteiger partial charge in [0.15, 0.2) is 15.2 Å². The Bertz CT molecular complexity index is 2400. The second-order valence-electron chi connectivity index (χ2n) is 12.6. The zero-order chi connectivity index (χ0) is 38.8. The third kappa shape index (κ3) is 7.16. The number of carbonyl (C=O) groups is 3. The predicted molar refractivity (Wildman–Crippen MR) is 223 cm³/mol. The van der Waals surface area contributed by atoms with Gasteiger partial charge in [-0.1, -0.05) is 114 Å². The number of anilines is 1. The molecule has 11 nitrogen and oxygen atoms in total. The molecule has 6 aromatic rings. The molecule has 2 atom stereocenters. The molecule has 282 valence electrons. The summed E-state index contributed by atoms with van der Waals surface area (Å²) in [7, 11) is 1.34. The van der Waals surface area contributed by atoms with Crippen molar-refractivity contribution in [2.45, 2.75) is 32.9 Å². The Morgan fingerprint density at radius 3 is 2.20 bits per heavy atom. The molecule has 1 unspecified atom stereocenters. The average Bonchev–Trinajstić information content (AvgIpc) is 3.86. The zero-order valence-electron chi connectivity index (χ0n) is 29.4. The summed E-state index contributed by atoms with van der Waals surface area (Å²) >= 11 is 11.1. The monoisotopic (exact) mass is 838 g/mol. The van der Waals surface area contributed by atoms with E-state index in [1.54, 1.807) is 5.38 Å².